The summed E-state index contributed by atoms with van der Waals surface area (Å²) in [6.45, 7) is 10.6. The third-order valence-electron chi connectivity index (χ3n) is 6.81. The maximum Gasteiger partial charge on any atom is 0.311 e. The van der Waals surface area contributed by atoms with Crippen LogP contribution in [0.25, 0.3) is 0 Å². The largest absolute Gasteiger partial charge is 0.459 e. The van der Waals surface area contributed by atoms with E-state index in [0.717, 1.165) is 65.1 Å². The van der Waals surface area contributed by atoms with Crippen molar-refractivity contribution in [1.29, 1.82) is 0 Å². The van der Waals surface area contributed by atoms with E-state index in [0.29, 0.717) is 6.54 Å². The van der Waals surface area contributed by atoms with E-state index in [1.807, 2.05) is 0 Å². The molecule has 3 aliphatic heterocycles. The Morgan fingerprint density at radius 3 is 2.96 bits per heavy atom. The minimum Gasteiger partial charge on any atom is -0.459 e. The second-order valence-corrected chi connectivity index (χ2v) is 8.81. The van der Waals surface area contributed by atoms with E-state index in [1.54, 1.807) is 0 Å². The molecule has 152 valence electrons. The van der Waals surface area contributed by atoms with E-state index < -0.39 is 0 Å². The molecule has 0 spiro atoms. The van der Waals surface area contributed by atoms with Gasteiger partial charge in [-0.05, 0) is 39.5 Å². The molecular weight excluding hydrogens is 344 g/mol. The van der Waals surface area contributed by atoms with Gasteiger partial charge < -0.3 is 19.5 Å². The highest BCUT2D eigenvalue weighted by Gasteiger charge is 2.62. The van der Waals surface area contributed by atoms with E-state index in [9.17, 15) is 4.79 Å². The smallest absolute Gasteiger partial charge is 0.311 e. The Balaban J connectivity index is 1.34. The van der Waals surface area contributed by atoms with E-state index in [-0.39, 0.29) is 35.6 Å². The lowest BCUT2D eigenvalue weighted by molar-refractivity contribution is -0.144. The fourth-order valence-corrected chi connectivity index (χ4v) is 4.89. The molecular formula is C21H34N2O4. The molecule has 6 heteroatoms. The number of hydrogen-bond donors (Lipinski definition) is 1. The van der Waals surface area contributed by atoms with Crippen molar-refractivity contribution in [1.82, 2.24) is 10.2 Å². The number of epoxide rings is 1. The van der Waals surface area contributed by atoms with Gasteiger partial charge in [0.25, 0.3) is 0 Å². The number of carbonyl (C=O) groups excluding carboxylic acids is 1. The summed E-state index contributed by atoms with van der Waals surface area (Å²) in [5.41, 5.74) is 1.31. The lowest BCUT2D eigenvalue weighted by atomic mass is 9.80. The molecule has 0 aromatic heterocycles. The molecule has 0 amide bonds. The molecule has 1 N–H and O–H groups in total. The summed E-state index contributed by atoms with van der Waals surface area (Å²) in [5, 5.41) is 3.51. The number of ether oxygens (including phenoxy) is 3. The fraction of sp³-hybridized carbons (Fsp3) is 0.857. The molecule has 27 heavy (non-hydrogen) atoms. The fourth-order valence-electron chi connectivity index (χ4n) is 4.89. The zero-order chi connectivity index (χ0) is 18.9. The van der Waals surface area contributed by atoms with Crippen LogP contribution in [0.3, 0.4) is 0 Å². The molecule has 5 atom stereocenters. The summed E-state index contributed by atoms with van der Waals surface area (Å²) >= 11 is 0. The molecule has 0 saturated carbocycles. The van der Waals surface area contributed by atoms with Crippen molar-refractivity contribution >= 4 is 5.97 Å². The van der Waals surface area contributed by atoms with Crippen LogP contribution in [-0.2, 0) is 19.0 Å². The van der Waals surface area contributed by atoms with Gasteiger partial charge in [-0.1, -0.05) is 11.6 Å². The predicted octanol–water partition coefficient (Wildman–Crippen LogP) is 1.74. The van der Waals surface area contributed by atoms with Crippen molar-refractivity contribution in [2.45, 2.75) is 57.3 Å². The van der Waals surface area contributed by atoms with Gasteiger partial charge in [-0.25, -0.2) is 0 Å². The maximum atomic E-state index is 12.6. The molecule has 0 aromatic carbocycles. The Kier molecular flexibility index (Phi) is 5.88. The van der Waals surface area contributed by atoms with E-state index in [1.165, 1.54) is 5.57 Å². The standard InChI is InChI=1S/C21H34N2O4/c1-15-4-3-7-21(2)19(27-21)18-16(6-5-15)17(20(24)26-18)14-22-8-9-23-10-12-25-13-11-23/h4,16-19,22H,3,5-14H2,1-2H3/b15-4+/t16-,17?,18-,19-,21+/m0/s1. The average Bonchev–Trinajstić information content (AvgIpc) is 3.23. The number of hydrogen-bond acceptors (Lipinski definition) is 6. The monoisotopic (exact) mass is 378 g/mol. The number of nitrogens with one attached hydrogen (secondary N) is 1. The number of allylic oxidation sites excluding steroid dienone is 2. The second-order valence-electron chi connectivity index (χ2n) is 8.81. The van der Waals surface area contributed by atoms with Crippen molar-refractivity contribution in [3.63, 3.8) is 0 Å². The van der Waals surface area contributed by atoms with Crippen LogP contribution in [0.4, 0.5) is 0 Å². The van der Waals surface area contributed by atoms with Crippen LogP contribution in [0.15, 0.2) is 11.6 Å². The van der Waals surface area contributed by atoms with Crippen molar-refractivity contribution in [2.75, 3.05) is 45.9 Å². The third kappa shape index (κ3) is 4.39. The highest BCUT2D eigenvalue weighted by atomic mass is 16.6. The van der Waals surface area contributed by atoms with Gasteiger partial charge in [0.15, 0.2) is 0 Å². The number of esters is 1. The van der Waals surface area contributed by atoms with E-state index in [4.69, 9.17) is 14.2 Å². The molecule has 1 aliphatic carbocycles. The first-order valence-corrected chi connectivity index (χ1v) is 10.6. The SMILES string of the molecule is C/C1=C\CC[C@@]2(C)O[C@H]2[C@H]2OC(=O)C(CNCCN3CCOCC3)[C@@H]2CC1. The lowest BCUT2D eigenvalue weighted by Gasteiger charge is -2.27. The molecule has 0 bridgehead atoms. The van der Waals surface area contributed by atoms with E-state index in [2.05, 4.69) is 30.1 Å². The summed E-state index contributed by atoms with van der Waals surface area (Å²) in [7, 11) is 0. The summed E-state index contributed by atoms with van der Waals surface area (Å²) in [6.07, 6.45) is 6.47. The summed E-state index contributed by atoms with van der Waals surface area (Å²) in [4.78, 5) is 15.0. The quantitative estimate of drug-likeness (QED) is 0.340. The summed E-state index contributed by atoms with van der Waals surface area (Å²) < 4.78 is 17.3. The van der Waals surface area contributed by atoms with Crippen LogP contribution in [0, 0.1) is 11.8 Å². The van der Waals surface area contributed by atoms with Gasteiger partial charge in [-0.2, -0.15) is 0 Å². The molecule has 4 rings (SSSR count). The lowest BCUT2D eigenvalue weighted by Crippen LogP contribution is -2.42. The van der Waals surface area contributed by atoms with E-state index >= 15 is 0 Å². The van der Waals surface area contributed by atoms with Crippen LogP contribution in [0.5, 0.6) is 0 Å². The predicted molar refractivity (Wildman–Crippen MR) is 102 cm³/mol. The number of fused-ring (bicyclic) bond motifs is 3. The van der Waals surface area contributed by atoms with Crippen molar-refractivity contribution in [3.05, 3.63) is 11.6 Å². The Morgan fingerprint density at radius 1 is 1.33 bits per heavy atom. The van der Waals surface area contributed by atoms with Gasteiger partial charge in [-0.3, -0.25) is 9.69 Å². The molecule has 3 heterocycles. The number of carbonyl (C=O) groups is 1. The van der Waals surface area contributed by atoms with Gasteiger partial charge in [-0.15, -0.1) is 0 Å². The van der Waals surface area contributed by atoms with Crippen LogP contribution in [0.1, 0.15) is 39.5 Å². The maximum absolute atomic E-state index is 12.6. The topological polar surface area (TPSA) is 63.3 Å². The van der Waals surface area contributed by atoms with Crippen LogP contribution in [0.2, 0.25) is 0 Å². The molecule has 6 nitrogen and oxygen atoms in total. The minimum absolute atomic E-state index is 0.0393. The van der Waals surface area contributed by atoms with Crippen LogP contribution in [-0.4, -0.2) is 74.6 Å². The van der Waals surface area contributed by atoms with Gasteiger partial charge in [0, 0.05) is 38.6 Å². The van der Waals surface area contributed by atoms with Crippen molar-refractivity contribution in [2.24, 2.45) is 11.8 Å². The Bertz CT molecular complexity index is 575. The number of morpholine rings is 1. The minimum atomic E-state index is -0.115. The molecule has 3 saturated heterocycles. The second kappa shape index (κ2) is 8.19. The van der Waals surface area contributed by atoms with Gasteiger partial charge in [0.1, 0.15) is 12.2 Å². The zero-order valence-electron chi connectivity index (χ0n) is 16.7. The number of nitrogens with zero attached hydrogens (tertiary/aromatic N) is 1. The molecule has 0 aromatic rings. The van der Waals surface area contributed by atoms with Crippen molar-refractivity contribution < 1.29 is 19.0 Å². The van der Waals surface area contributed by atoms with Crippen molar-refractivity contribution in [3.8, 4) is 0 Å². The average molecular weight is 379 g/mol. The Hall–Kier alpha value is -0.950. The van der Waals surface area contributed by atoms with Crippen LogP contribution >= 0.6 is 0 Å². The molecule has 4 aliphatic rings. The third-order valence-corrected chi connectivity index (χ3v) is 6.81. The summed E-state index contributed by atoms with van der Waals surface area (Å²) in [6, 6.07) is 0. The van der Waals surface area contributed by atoms with Gasteiger partial charge >= 0.3 is 5.97 Å². The Labute approximate surface area is 162 Å². The number of rotatable bonds is 5. The molecule has 3 fully saturated rings. The molecule has 1 unspecified atom stereocenters. The zero-order valence-corrected chi connectivity index (χ0v) is 16.7. The Morgan fingerprint density at radius 2 is 2.15 bits per heavy atom. The first-order chi connectivity index (χ1) is 13.1. The summed E-state index contributed by atoms with van der Waals surface area (Å²) in [5.74, 6) is 0.157. The highest BCUT2D eigenvalue weighted by molar-refractivity contribution is 5.75. The van der Waals surface area contributed by atoms with Gasteiger partial charge in [0.2, 0.25) is 0 Å². The first kappa shape index (κ1) is 19.4. The highest BCUT2D eigenvalue weighted by Crippen LogP contribution is 2.50. The first-order valence-electron chi connectivity index (χ1n) is 10.6. The normalized spacial score (nSPS) is 41.9. The van der Waals surface area contributed by atoms with Crippen LogP contribution < -0.4 is 5.32 Å². The van der Waals surface area contributed by atoms with Gasteiger partial charge in [0.05, 0.1) is 24.7 Å². The molecule has 0 radical (unpaired) electrons.